The summed E-state index contributed by atoms with van der Waals surface area (Å²) < 4.78 is 21.7. The molecule has 0 saturated carbocycles. The molecule has 0 aliphatic carbocycles. The molecular weight excluding hydrogens is 704 g/mol. The Balaban J connectivity index is 0. The molecule has 0 aromatic heterocycles. The van der Waals surface area contributed by atoms with Crippen LogP contribution in [0.25, 0.3) is 0 Å². The number of allylic oxidation sites excluding steroid dienone is 3. The number of esters is 2. The van der Waals surface area contributed by atoms with Gasteiger partial charge in [-0.15, -0.1) is 0 Å². The van der Waals surface area contributed by atoms with Crippen molar-refractivity contribution in [2.45, 2.75) is 172 Å². The Morgan fingerprint density at radius 2 is 1.10 bits per heavy atom. The van der Waals surface area contributed by atoms with Gasteiger partial charge in [0.15, 0.2) is 5.54 Å². The van der Waals surface area contributed by atoms with E-state index in [0.717, 1.165) is 10.9 Å². The Morgan fingerprint density at radius 1 is 0.680 bits per heavy atom. The molecule has 2 rings (SSSR count). The second kappa shape index (κ2) is 19.3. The molecular formula is C39H71BrN2O8. The van der Waals surface area contributed by atoms with E-state index in [2.05, 4.69) is 35.9 Å². The van der Waals surface area contributed by atoms with Crippen molar-refractivity contribution >= 4 is 40.1 Å². The first-order chi connectivity index (χ1) is 21.9. The topological polar surface area (TPSA) is 112 Å². The highest BCUT2D eigenvalue weighted by Gasteiger charge is 2.61. The van der Waals surface area contributed by atoms with Crippen LogP contribution >= 0.6 is 15.9 Å². The van der Waals surface area contributed by atoms with Gasteiger partial charge in [0.25, 0.3) is 0 Å². The normalized spacial score (nSPS) is 21.5. The Labute approximate surface area is 313 Å². The maximum atomic E-state index is 13.0. The lowest BCUT2D eigenvalue weighted by atomic mass is 9.72. The van der Waals surface area contributed by atoms with Gasteiger partial charge in [0.2, 0.25) is 0 Å². The summed E-state index contributed by atoms with van der Waals surface area (Å²) in [6, 6.07) is -0.533. The Kier molecular flexibility index (Phi) is 19.2. The Bertz CT molecular complexity index is 1190. The highest BCUT2D eigenvalue weighted by Crippen LogP contribution is 2.43. The van der Waals surface area contributed by atoms with Crippen molar-refractivity contribution in [1.29, 1.82) is 0 Å². The van der Waals surface area contributed by atoms with Crippen molar-refractivity contribution in [2.75, 3.05) is 18.4 Å². The number of carbonyl (C=O) groups excluding carboxylic acids is 4. The van der Waals surface area contributed by atoms with Crippen LogP contribution in [-0.4, -0.2) is 86.3 Å². The minimum atomic E-state index is -0.993. The summed E-state index contributed by atoms with van der Waals surface area (Å²) in [5.41, 5.74) is -0.850. The molecule has 10 nitrogen and oxygen atoms in total. The van der Waals surface area contributed by atoms with Gasteiger partial charge in [-0.2, -0.15) is 0 Å². The molecule has 2 fully saturated rings. The predicted octanol–water partition coefficient (Wildman–Crippen LogP) is 9.88. The zero-order valence-corrected chi connectivity index (χ0v) is 35.3. The van der Waals surface area contributed by atoms with Gasteiger partial charge in [0.05, 0.1) is 0 Å². The zero-order chi connectivity index (χ0) is 38.9. The molecule has 0 aromatic carbocycles. The predicted molar refractivity (Wildman–Crippen MR) is 206 cm³/mol. The molecule has 292 valence electrons. The first-order valence-corrected chi connectivity index (χ1v) is 18.3. The number of likely N-dealkylation sites (tertiary alicyclic amines) is 2. The molecule has 4 atom stereocenters. The van der Waals surface area contributed by atoms with Gasteiger partial charge >= 0.3 is 24.1 Å². The number of alkyl halides is 1. The lowest BCUT2D eigenvalue weighted by molar-refractivity contribution is -0.186. The van der Waals surface area contributed by atoms with E-state index in [1.807, 2.05) is 96.1 Å². The van der Waals surface area contributed by atoms with Crippen molar-refractivity contribution in [2.24, 2.45) is 11.8 Å². The molecule has 2 aliphatic heterocycles. The van der Waals surface area contributed by atoms with Crippen molar-refractivity contribution in [3.8, 4) is 0 Å². The monoisotopic (exact) mass is 774 g/mol. The fourth-order valence-corrected chi connectivity index (χ4v) is 5.45. The summed E-state index contributed by atoms with van der Waals surface area (Å²) in [7, 11) is 0. The molecule has 0 bridgehead atoms. The van der Waals surface area contributed by atoms with Crippen LogP contribution in [0.3, 0.4) is 0 Å². The number of hydrogen-bond acceptors (Lipinski definition) is 8. The van der Waals surface area contributed by atoms with Crippen molar-refractivity contribution in [1.82, 2.24) is 9.80 Å². The van der Waals surface area contributed by atoms with Crippen LogP contribution in [0.4, 0.5) is 9.59 Å². The lowest BCUT2D eigenvalue weighted by Crippen LogP contribution is -2.73. The van der Waals surface area contributed by atoms with Crippen LogP contribution in [-0.2, 0) is 28.5 Å². The second-order valence-corrected chi connectivity index (χ2v) is 18.1. The number of hydrogen-bond donors (Lipinski definition) is 0. The van der Waals surface area contributed by atoms with Crippen LogP contribution in [0.1, 0.15) is 138 Å². The van der Waals surface area contributed by atoms with Gasteiger partial charge in [0.1, 0.15) is 28.4 Å². The molecule has 2 heterocycles. The molecule has 0 N–H and O–H groups in total. The average molecular weight is 776 g/mol. The summed E-state index contributed by atoms with van der Waals surface area (Å²) >= 11 is 3.27. The minimum Gasteiger partial charge on any atom is -0.458 e. The van der Waals surface area contributed by atoms with E-state index in [4.69, 9.17) is 18.9 Å². The smallest absolute Gasteiger partial charge is 0.411 e. The molecule has 0 aromatic rings. The van der Waals surface area contributed by atoms with Crippen LogP contribution in [0.2, 0.25) is 0 Å². The van der Waals surface area contributed by atoms with E-state index in [0.29, 0.717) is 19.5 Å². The molecule has 2 saturated heterocycles. The SMILES string of the molecule is C.CC(C)=CCBr.CC(C)=CCC1(C(=O)OC(C)(C)C)C(C)CN1C(=O)OC(C)(C)C.CC1CN(C(=O)OC(C)(C)C)C1C(=O)OC(C)(C)C. The van der Waals surface area contributed by atoms with Crippen molar-refractivity contribution in [3.05, 3.63) is 23.3 Å². The molecule has 50 heavy (non-hydrogen) atoms. The van der Waals surface area contributed by atoms with Gasteiger partial charge in [0, 0.05) is 36.7 Å². The van der Waals surface area contributed by atoms with Gasteiger partial charge in [-0.05, 0) is 111 Å². The number of ether oxygens (including phenoxy) is 4. The lowest BCUT2D eigenvalue weighted by Gasteiger charge is -2.55. The van der Waals surface area contributed by atoms with Crippen molar-refractivity contribution < 1.29 is 38.1 Å². The second-order valence-electron chi connectivity index (χ2n) is 17.4. The van der Waals surface area contributed by atoms with E-state index < -0.39 is 46.2 Å². The molecule has 0 spiro atoms. The first kappa shape index (κ1) is 49.6. The van der Waals surface area contributed by atoms with E-state index in [1.54, 1.807) is 20.8 Å². The Morgan fingerprint density at radius 3 is 1.42 bits per heavy atom. The van der Waals surface area contributed by atoms with Crippen LogP contribution in [0.5, 0.6) is 0 Å². The summed E-state index contributed by atoms with van der Waals surface area (Å²) in [5, 5.41) is 0.981. The third-order valence-electron chi connectivity index (χ3n) is 7.06. The quantitative estimate of drug-likeness (QED) is 0.118. The largest absolute Gasteiger partial charge is 0.458 e. The minimum absolute atomic E-state index is 0. The van der Waals surface area contributed by atoms with Crippen LogP contribution in [0, 0.1) is 11.8 Å². The molecule has 11 heteroatoms. The fourth-order valence-electron chi connectivity index (χ4n) is 4.81. The van der Waals surface area contributed by atoms with E-state index in [-0.39, 0.29) is 31.2 Å². The van der Waals surface area contributed by atoms with E-state index in [1.165, 1.54) is 15.4 Å². The molecule has 2 aliphatic rings. The number of amides is 2. The third-order valence-corrected chi connectivity index (χ3v) is 7.39. The summed E-state index contributed by atoms with van der Waals surface area (Å²) in [4.78, 5) is 52.5. The highest BCUT2D eigenvalue weighted by atomic mass is 79.9. The molecule has 4 unspecified atom stereocenters. The number of rotatable bonds is 5. The van der Waals surface area contributed by atoms with Crippen LogP contribution < -0.4 is 0 Å². The first-order valence-electron chi connectivity index (χ1n) is 17.2. The molecule has 2 amide bonds. The fraction of sp³-hybridized carbons (Fsp3) is 0.795. The maximum absolute atomic E-state index is 13.0. The van der Waals surface area contributed by atoms with Gasteiger partial charge in [-0.25, -0.2) is 19.2 Å². The van der Waals surface area contributed by atoms with Crippen molar-refractivity contribution in [3.63, 3.8) is 0 Å². The maximum Gasteiger partial charge on any atom is 0.411 e. The third kappa shape index (κ3) is 17.1. The number of nitrogens with zero attached hydrogens (tertiary/aromatic N) is 2. The summed E-state index contributed by atoms with van der Waals surface area (Å²) in [6.45, 7) is 34.8. The zero-order valence-electron chi connectivity index (χ0n) is 33.8. The average Bonchev–Trinajstić information content (AvgIpc) is 2.81. The number of carbonyl (C=O) groups is 4. The van der Waals surface area contributed by atoms with Gasteiger partial charge < -0.3 is 18.9 Å². The Hall–Kier alpha value is -2.56. The van der Waals surface area contributed by atoms with E-state index in [9.17, 15) is 19.2 Å². The van der Waals surface area contributed by atoms with Gasteiger partial charge in [-0.3, -0.25) is 9.80 Å². The molecule has 0 radical (unpaired) electrons. The van der Waals surface area contributed by atoms with Crippen LogP contribution in [0.15, 0.2) is 23.3 Å². The summed E-state index contributed by atoms with van der Waals surface area (Å²) in [5.74, 6) is -0.618. The number of halogens is 1. The summed E-state index contributed by atoms with van der Waals surface area (Å²) in [6.07, 6.45) is 3.62. The standard InChI is InChI=1S/C19H33NO4.C14H25NO4.C5H9Br.CH4/c1-13(2)10-11-19(15(21)23-17(4,5)6)14(3)12-20(19)16(22)24-18(7,8)9;1-9-8-15(12(17)19-14(5,6)7)10(9)11(16)18-13(2,3)4;1-5(2)3-4-6;/h10,14H,11-12H2,1-9H3;9-10H,8H2,1-7H3;3H,4H2,1-2H3;1H4. The van der Waals surface area contributed by atoms with E-state index >= 15 is 0 Å². The van der Waals surface area contributed by atoms with Gasteiger partial charge in [-0.1, -0.05) is 60.5 Å². The highest BCUT2D eigenvalue weighted by molar-refractivity contribution is 9.09.